The van der Waals surface area contributed by atoms with E-state index in [1.165, 1.54) is 74.8 Å². The summed E-state index contributed by atoms with van der Waals surface area (Å²) in [4.78, 5) is 43.3. The van der Waals surface area contributed by atoms with Crippen molar-refractivity contribution in [2.24, 2.45) is 5.73 Å². The van der Waals surface area contributed by atoms with E-state index in [0.717, 1.165) is 11.3 Å². The standard InChI is InChI=1S/C11H11BN2O3.C6H6IN.C5H8BNO4.C5H6BNO3.C4H9NO3.CH2Cl2.ClH/c1-16-11(15)10(14-7-12-17-14)6-8-3-2-4-9(13)5-8;7-5-2-1-3-6(8)4-5;1-10-5(9)4(2-8)7-3-6-11-7;1-4(5(8)9-2)7-3-6-10-7;1-8-4(7)3(5)2-6;2-1-3;/h2-7H,13H2,1H3;1-4H,8H2;3-4,8H,2H2,1H3;3H,1H2,2H3;3,6H,2,5H2,1H3;1H2;1H/q+1;;2*+1;;;/b10-6-;;;;;;. The molecule has 0 fully saturated rings. The van der Waals surface area contributed by atoms with Crippen molar-refractivity contribution in [3.8, 4) is 0 Å². The predicted octanol–water partition coefficient (Wildman–Crippen LogP) is -0.0126. The molecule has 313 valence electrons. The Kier molecular flexibility index (Phi) is 31.1. The van der Waals surface area contributed by atoms with Gasteiger partial charge in [0.1, 0.15) is 12.6 Å². The number of aliphatic hydroxyl groups excluding tert-OH is 2. The highest BCUT2D eigenvalue weighted by atomic mass is 127. The molecular formula is C32H43B3Cl3IN6O13+3. The zero-order valence-corrected chi connectivity index (χ0v) is 36.1. The Hall–Kier alpha value is -4.52. The van der Waals surface area contributed by atoms with Gasteiger partial charge >= 0.3 is 63.8 Å². The normalized spacial score (nSPS) is 12.9. The fourth-order valence-corrected chi connectivity index (χ4v) is 3.87. The zero-order chi connectivity index (χ0) is 43.3. The topological polar surface area (TPSA) is 260 Å². The molecule has 0 saturated heterocycles. The summed E-state index contributed by atoms with van der Waals surface area (Å²) in [5.74, 6) is -2.08. The maximum Gasteiger partial charge on any atom is 0.587 e. The van der Waals surface area contributed by atoms with E-state index in [-0.39, 0.29) is 36.7 Å². The number of methoxy groups -OCH3 is 4. The zero-order valence-electron chi connectivity index (χ0n) is 31.6. The highest BCUT2D eigenvalue weighted by molar-refractivity contribution is 14.1. The highest BCUT2D eigenvalue weighted by Gasteiger charge is 2.37. The summed E-state index contributed by atoms with van der Waals surface area (Å²) >= 11 is 11.8. The van der Waals surface area contributed by atoms with Gasteiger partial charge in [0.15, 0.2) is 0 Å². The lowest BCUT2D eigenvalue weighted by Crippen LogP contribution is -2.45. The number of nitrogen functional groups attached to an aromatic ring is 2. The average Bonchev–Trinajstić information content (AvgIpc) is 3.14. The molecule has 0 amide bonds. The summed E-state index contributed by atoms with van der Waals surface area (Å²) in [6.07, 6.45) is 6.37. The second-order valence-electron chi connectivity index (χ2n) is 10.0. The lowest BCUT2D eigenvalue weighted by atomic mass is 10.0. The first-order valence-corrected chi connectivity index (χ1v) is 17.9. The summed E-state index contributed by atoms with van der Waals surface area (Å²) < 4.78 is 36.9. The molecule has 58 heavy (non-hydrogen) atoms. The van der Waals surface area contributed by atoms with Gasteiger partial charge in [-0.05, 0) is 79.3 Å². The van der Waals surface area contributed by atoms with Crippen LogP contribution < -0.4 is 17.2 Å². The smallest absolute Gasteiger partial charge is 0.468 e. The summed E-state index contributed by atoms with van der Waals surface area (Å²) in [6, 6.07) is 13.3. The molecule has 2 aromatic carbocycles. The maximum absolute atomic E-state index is 11.6. The molecule has 0 aromatic heterocycles. The first-order chi connectivity index (χ1) is 27.2. The van der Waals surface area contributed by atoms with Crippen molar-refractivity contribution >= 4 is 140 Å². The molecule has 0 aliphatic carbocycles. The Morgan fingerprint density at radius 3 is 1.60 bits per heavy atom. The molecule has 8 N–H and O–H groups in total. The molecule has 5 rings (SSSR count). The number of benzene rings is 2. The van der Waals surface area contributed by atoms with E-state index in [1.807, 2.05) is 36.4 Å². The number of carbonyl (C=O) groups excluding carboxylic acids is 4. The molecule has 2 atom stereocenters. The van der Waals surface area contributed by atoms with E-state index in [1.54, 1.807) is 30.4 Å². The van der Waals surface area contributed by atoms with Crippen molar-refractivity contribution in [1.82, 2.24) is 0 Å². The molecule has 3 radical (unpaired) electrons. The minimum absolute atomic E-state index is 0. The summed E-state index contributed by atoms with van der Waals surface area (Å²) in [6.45, 7) is 2.73. The molecule has 0 spiro atoms. The van der Waals surface area contributed by atoms with Crippen molar-refractivity contribution < 1.29 is 76.8 Å². The Morgan fingerprint density at radius 2 is 1.29 bits per heavy atom. The summed E-state index contributed by atoms with van der Waals surface area (Å²) in [7, 11) is 9.40. The van der Waals surface area contributed by atoms with E-state index in [4.69, 9.17) is 60.1 Å². The number of aliphatic hydroxyl groups is 2. The molecular weight excluding hydrogens is 942 g/mol. The second kappa shape index (κ2) is 32.4. The molecule has 19 nitrogen and oxygen atoms in total. The number of hydroxylamine groups is 3. The van der Waals surface area contributed by atoms with Gasteiger partial charge < -0.3 is 60.6 Å². The number of ether oxygens (including phenoxy) is 4. The van der Waals surface area contributed by atoms with Crippen molar-refractivity contribution in [2.45, 2.75) is 12.1 Å². The first-order valence-electron chi connectivity index (χ1n) is 15.7. The molecule has 2 unspecified atom stereocenters. The van der Waals surface area contributed by atoms with Gasteiger partial charge in [-0.25, -0.2) is 14.4 Å². The molecule has 0 bridgehead atoms. The molecule has 26 heteroatoms. The van der Waals surface area contributed by atoms with Gasteiger partial charge in [-0.3, -0.25) is 4.79 Å². The van der Waals surface area contributed by atoms with E-state index in [2.05, 4.69) is 52.9 Å². The van der Waals surface area contributed by atoms with E-state index >= 15 is 0 Å². The van der Waals surface area contributed by atoms with E-state index in [0.29, 0.717) is 11.4 Å². The van der Waals surface area contributed by atoms with Crippen molar-refractivity contribution in [3.63, 3.8) is 0 Å². The first kappa shape index (κ1) is 55.6. The lowest BCUT2D eigenvalue weighted by molar-refractivity contribution is -0.777. The molecule has 3 aliphatic heterocycles. The highest BCUT2D eigenvalue weighted by Crippen LogP contribution is 2.14. The third-order valence-corrected chi connectivity index (χ3v) is 6.84. The van der Waals surface area contributed by atoms with Gasteiger partial charge in [0.2, 0.25) is 18.3 Å². The third kappa shape index (κ3) is 21.9. The quantitative estimate of drug-likeness (QED) is 0.0307. The van der Waals surface area contributed by atoms with E-state index < -0.39 is 36.0 Å². The number of halogens is 4. The number of alkyl halides is 2. The Morgan fingerprint density at radius 1 is 0.810 bits per heavy atom. The van der Waals surface area contributed by atoms with Gasteiger partial charge in [-0.15, -0.1) is 35.6 Å². The van der Waals surface area contributed by atoms with Gasteiger partial charge in [-0.1, -0.05) is 18.2 Å². The number of nitrogens with two attached hydrogens (primary N) is 3. The van der Waals surface area contributed by atoms with Gasteiger partial charge in [0.25, 0.3) is 0 Å². The number of hydrogen-bond donors (Lipinski definition) is 5. The lowest BCUT2D eigenvalue weighted by Gasteiger charge is -2.13. The molecule has 3 heterocycles. The van der Waals surface area contributed by atoms with Crippen LogP contribution in [-0.4, -0.2) is 148 Å². The summed E-state index contributed by atoms with van der Waals surface area (Å²) in [5, 5.41) is 17.1. The molecule has 0 saturated carbocycles. The van der Waals surface area contributed by atoms with Gasteiger partial charge in [-0.2, -0.15) is 0 Å². The van der Waals surface area contributed by atoms with Crippen LogP contribution in [0.25, 0.3) is 6.08 Å². The Balaban J connectivity index is 0. The van der Waals surface area contributed by atoms with Crippen molar-refractivity contribution in [1.29, 1.82) is 0 Å². The van der Waals surface area contributed by atoms with Crippen LogP contribution in [0.5, 0.6) is 0 Å². The predicted molar refractivity (Wildman–Crippen MR) is 229 cm³/mol. The maximum atomic E-state index is 11.6. The number of hydrogen-bond acceptors (Lipinski definition) is 16. The van der Waals surface area contributed by atoms with Crippen LogP contribution in [0.1, 0.15) is 5.56 Å². The minimum atomic E-state index is -0.889. The van der Waals surface area contributed by atoms with Gasteiger partial charge in [0.05, 0.1) is 40.4 Å². The largest absolute Gasteiger partial charge is 0.587 e. The number of nitrogens with zero attached hydrogens (tertiary/aromatic N) is 3. The van der Waals surface area contributed by atoms with Crippen LogP contribution in [0, 0.1) is 3.57 Å². The van der Waals surface area contributed by atoms with E-state index in [9.17, 15) is 19.2 Å². The number of carbonyl (C=O) groups is 4. The van der Waals surface area contributed by atoms with Crippen LogP contribution in [-0.2, 0) is 52.4 Å². The van der Waals surface area contributed by atoms with Crippen LogP contribution >= 0.6 is 58.2 Å². The SMILES string of the molecule is C=C(C(=O)OC)[N+]1=C[B]O1.COC(=O)/C(=C/c1cccc(N)c1)[N+]1=C[B]O1.COC(=O)C(CO)[N+]1=C[B]O1.COC(=O)C(N)CO.Cl.ClCCl.Nc1cccc(I)c1. The number of anilines is 2. The monoisotopic (exact) mass is 984 g/mol. The third-order valence-electron chi connectivity index (χ3n) is 6.17. The molecule has 3 aliphatic rings. The van der Waals surface area contributed by atoms with Crippen LogP contribution in [0.4, 0.5) is 11.4 Å². The van der Waals surface area contributed by atoms with Crippen molar-refractivity contribution in [2.75, 3.05) is 58.5 Å². The number of esters is 4. The van der Waals surface area contributed by atoms with Gasteiger partial charge in [0, 0.05) is 21.0 Å². The van der Waals surface area contributed by atoms with Crippen LogP contribution in [0.2, 0.25) is 0 Å². The van der Waals surface area contributed by atoms with Crippen molar-refractivity contribution in [3.05, 3.63) is 75.6 Å². The average molecular weight is 985 g/mol. The number of rotatable bonds is 10. The summed E-state index contributed by atoms with van der Waals surface area (Å²) in [5.41, 5.74) is 18.8. The van der Waals surface area contributed by atoms with Crippen LogP contribution in [0.15, 0.2) is 66.5 Å². The molecule has 2 aromatic rings. The second-order valence-corrected chi connectivity index (χ2v) is 12.1. The Labute approximate surface area is 367 Å². The fourth-order valence-electron chi connectivity index (χ4n) is 3.30. The Bertz CT molecular complexity index is 1750. The fraction of sp³-hybridized carbons (Fsp3) is 0.281. The van der Waals surface area contributed by atoms with Crippen LogP contribution in [0.3, 0.4) is 0 Å². The minimum Gasteiger partial charge on any atom is -0.468 e.